The van der Waals surface area contributed by atoms with Crippen LogP contribution in [-0.4, -0.2) is 71.1 Å². The largest absolute Gasteiger partial charge is 0.369 e. The van der Waals surface area contributed by atoms with Gasteiger partial charge in [-0.3, -0.25) is 23.6 Å². The number of nitriles is 1. The Hall–Kier alpha value is -1.67. The SMILES string of the molecule is COP(=O)(/C=C/[C@@]12CO[C@@H](C(n3ccc(=O)[nH]c3=O)O1)[C@H](P(OCCC#N)N(C(C)C)C(C)C)C2)OC. The highest BCUT2D eigenvalue weighted by molar-refractivity contribution is 7.57. The van der Waals surface area contributed by atoms with Gasteiger partial charge in [0, 0.05) is 44.4 Å². The van der Waals surface area contributed by atoms with Crippen LogP contribution >= 0.6 is 15.9 Å². The summed E-state index contributed by atoms with van der Waals surface area (Å²) in [5.74, 6) is 1.34. The van der Waals surface area contributed by atoms with Gasteiger partial charge in [0.2, 0.25) is 0 Å². The van der Waals surface area contributed by atoms with Gasteiger partial charge in [-0.15, -0.1) is 0 Å². The van der Waals surface area contributed by atoms with E-state index in [0.29, 0.717) is 6.42 Å². The molecule has 1 N–H and O–H groups in total. The van der Waals surface area contributed by atoms with Crippen molar-refractivity contribution in [3.8, 4) is 6.07 Å². The first-order valence-electron chi connectivity index (χ1n) is 12.1. The molecule has 1 aromatic rings. The Kier molecular flexibility index (Phi) is 10.1. The van der Waals surface area contributed by atoms with Crippen LogP contribution in [0.3, 0.4) is 0 Å². The zero-order chi connectivity index (χ0) is 27.4. The molecule has 0 amide bonds. The fraction of sp³-hybridized carbons (Fsp3) is 0.696. The average Bonchev–Trinajstić information content (AvgIpc) is 2.86. The lowest BCUT2D eigenvalue weighted by atomic mass is 9.88. The first-order chi connectivity index (χ1) is 17.5. The van der Waals surface area contributed by atoms with E-state index in [2.05, 4.69) is 43.4 Å². The number of H-pyrrole nitrogens is 1. The molecule has 3 fully saturated rings. The molecule has 0 aliphatic carbocycles. The normalized spacial score (nSPS) is 26.9. The molecule has 14 heteroatoms. The van der Waals surface area contributed by atoms with Gasteiger partial charge in [-0.2, -0.15) is 5.26 Å². The minimum Gasteiger partial charge on any atom is -0.369 e. The molecular formula is C23H36N4O8P2. The molecule has 37 heavy (non-hydrogen) atoms. The van der Waals surface area contributed by atoms with Gasteiger partial charge in [0.25, 0.3) is 5.56 Å². The molecule has 4 rings (SSSR count). The number of hydrogen-bond donors (Lipinski definition) is 1. The Balaban J connectivity index is 2.12. The summed E-state index contributed by atoms with van der Waals surface area (Å²) in [5, 5.41) is 9.12. The van der Waals surface area contributed by atoms with Crippen molar-refractivity contribution in [2.45, 2.75) is 76.2 Å². The van der Waals surface area contributed by atoms with Crippen molar-refractivity contribution in [1.82, 2.24) is 14.2 Å². The molecule has 5 atom stereocenters. The van der Waals surface area contributed by atoms with Gasteiger partial charge in [-0.05, 0) is 40.2 Å². The molecule has 3 saturated heterocycles. The minimum absolute atomic E-state index is 0.123. The molecule has 0 radical (unpaired) electrons. The van der Waals surface area contributed by atoms with Crippen molar-refractivity contribution in [3.05, 3.63) is 45.0 Å². The standard InChI is InChI=1S/C23H36N4O8P2/c1-16(2)27(17(3)4)36(34-12-7-10-24)18-14-23(9-13-37(30,31-5)32-6)15-33-20(18)21(35-23)26-11-8-19(28)25-22(26)29/h8-9,11,13,16-18,20-21H,7,12,14-15H2,1-6H3,(H,25,28,29)/b13-9+/t18-,20-,21?,23-,36?/m1/s1. The van der Waals surface area contributed by atoms with E-state index < -0.39 is 45.1 Å². The number of hydrogen-bond acceptors (Lipinski definition) is 10. The molecule has 206 valence electrons. The van der Waals surface area contributed by atoms with Gasteiger partial charge >= 0.3 is 13.3 Å². The summed E-state index contributed by atoms with van der Waals surface area (Å²) in [6, 6.07) is 3.61. The Morgan fingerprint density at radius 2 is 2.00 bits per heavy atom. The second kappa shape index (κ2) is 12.5. The van der Waals surface area contributed by atoms with Crippen LogP contribution in [0.4, 0.5) is 0 Å². The van der Waals surface area contributed by atoms with E-state index >= 15 is 0 Å². The molecule has 12 nitrogen and oxygen atoms in total. The Morgan fingerprint density at radius 3 is 2.57 bits per heavy atom. The van der Waals surface area contributed by atoms with E-state index in [-0.39, 0.29) is 37.4 Å². The fourth-order valence-corrected chi connectivity index (χ4v) is 8.39. The van der Waals surface area contributed by atoms with Crippen LogP contribution in [0, 0.1) is 11.3 Å². The average molecular weight is 559 g/mol. The van der Waals surface area contributed by atoms with E-state index in [1.807, 2.05) is 0 Å². The van der Waals surface area contributed by atoms with Gasteiger partial charge in [0.1, 0.15) is 20.0 Å². The first-order valence-corrected chi connectivity index (χ1v) is 15.0. The number of aromatic nitrogens is 2. The van der Waals surface area contributed by atoms with E-state index in [4.69, 9.17) is 28.3 Å². The van der Waals surface area contributed by atoms with Crippen LogP contribution in [0.25, 0.3) is 0 Å². The number of ether oxygens (including phenoxy) is 2. The quantitative estimate of drug-likeness (QED) is 0.300. The Bertz CT molecular complexity index is 1150. The second-order valence-electron chi connectivity index (χ2n) is 9.47. The highest BCUT2D eigenvalue weighted by Crippen LogP contribution is 2.60. The van der Waals surface area contributed by atoms with Gasteiger partial charge in [-0.25, -0.2) is 4.79 Å². The van der Waals surface area contributed by atoms with Crippen LogP contribution in [-0.2, 0) is 27.6 Å². The predicted octanol–water partition coefficient (Wildman–Crippen LogP) is 3.32. The summed E-state index contributed by atoms with van der Waals surface area (Å²) in [5.41, 5.74) is -2.49. The van der Waals surface area contributed by atoms with Crippen molar-refractivity contribution in [2.24, 2.45) is 0 Å². The zero-order valence-corrected chi connectivity index (χ0v) is 23.8. The third kappa shape index (κ3) is 6.67. The van der Waals surface area contributed by atoms with Crippen LogP contribution in [0.5, 0.6) is 0 Å². The van der Waals surface area contributed by atoms with Crippen molar-refractivity contribution in [2.75, 3.05) is 27.4 Å². The topological polar surface area (TPSA) is 145 Å². The lowest BCUT2D eigenvalue weighted by molar-refractivity contribution is -0.275. The van der Waals surface area contributed by atoms with Crippen molar-refractivity contribution < 1.29 is 27.6 Å². The third-order valence-electron chi connectivity index (χ3n) is 6.29. The maximum absolute atomic E-state index is 12.8. The summed E-state index contributed by atoms with van der Waals surface area (Å²) in [4.78, 5) is 26.8. The summed E-state index contributed by atoms with van der Waals surface area (Å²) in [6.07, 6.45) is 2.20. The number of nitrogens with one attached hydrogen (secondary N) is 1. The van der Waals surface area contributed by atoms with Crippen molar-refractivity contribution >= 4 is 15.9 Å². The fourth-order valence-electron chi connectivity index (χ4n) is 4.73. The van der Waals surface area contributed by atoms with E-state index in [1.165, 1.54) is 36.9 Å². The van der Waals surface area contributed by atoms with Crippen molar-refractivity contribution in [3.63, 3.8) is 0 Å². The number of fused-ring (bicyclic) bond motifs is 3. The van der Waals surface area contributed by atoms with Crippen molar-refractivity contribution in [1.29, 1.82) is 5.26 Å². The molecular weight excluding hydrogens is 522 g/mol. The monoisotopic (exact) mass is 558 g/mol. The van der Waals surface area contributed by atoms with Crippen LogP contribution in [0.15, 0.2) is 33.7 Å². The van der Waals surface area contributed by atoms with Gasteiger partial charge in [0.05, 0.1) is 31.4 Å². The van der Waals surface area contributed by atoms with E-state index in [0.717, 1.165) is 0 Å². The number of rotatable bonds is 12. The van der Waals surface area contributed by atoms with E-state index in [1.54, 1.807) is 6.08 Å². The highest BCUT2D eigenvalue weighted by atomic mass is 31.2. The molecule has 3 aliphatic rings. The molecule has 1 aromatic heterocycles. The van der Waals surface area contributed by atoms with Gasteiger partial charge < -0.3 is 23.0 Å². The zero-order valence-electron chi connectivity index (χ0n) is 22.0. The van der Waals surface area contributed by atoms with Gasteiger partial charge in [-0.1, -0.05) is 0 Å². The first kappa shape index (κ1) is 29.9. The molecule has 3 aliphatic heterocycles. The molecule has 2 bridgehead atoms. The number of aromatic amines is 1. The van der Waals surface area contributed by atoms with Crippen LogP contribution < -0.4 is 11.2 Å². The third-order valence-corrected chi connectivity index (χ3v) is 10.7. The maximum Gasteiger partial charge on any atom is 0.353 e. The molecule has 0 aromatic carbocycles. The second-order valence-corrected chi connectivity index (χ2v) is 13.6. The van der Waals surface area contributed by atoms with Crippen LogP contribution in [0.2, 0.25) is 0 Å². The van der Waals surface area contributed by atoms with E-state index in [9.17, 15) is 14.2 Å². The summed E-state index contributed by atoms with van der Waals surface area (Å²) in [7, 11) is -2.27. The maximum atomic E-state index is 12.8. The Labute approximate surface area is 217 Å². The Morgan fingerprint density at radius 1 is 1.32 bits per heavy atom. The molecule has 4 heterocycles. The summed E-state index contributed by atoms with van der Waals surface area (Å²) in [6.45, 7) is 8.71. The summed E-state index contributed by atoms with van der Waals surface area (Å²) < 4.78 is 45.6. The summed E-state index contributed by atoms with van der Waals surface area (Å²) >= 11 is 0. The predicted molar refractivity (Wildman–Crippen MR) is 138 cm³/mol. The van der Waals surface area contributed by atoms with Gasteiger partial charge in [0.15, 0.2) is 6.23 Å². The lowest BCUT2D eigenvalue weighted by Gasteiger charge is -2.56. The highest BCUT2D eigenvalue weighted by Gasteiger charge is 2.57. The molecule has 2 unspecified atom stereocenters. The molecule has 0 saturated carbocycles. The molecule has 0 spiro atoms. The lowest BCUT2D eigenvalue weighted by Crippen LogP contribution is -2.62. The smallest absolute Gasteiger partial charge is 0.353 e. The minimum atomic E-state index is -3.51. The van der Waals surface area contributed by atoms with Crippen LogP contribution in [0.1, 0.15) is 46.8 Å². The number of nitrogens with zero attached hydrogens (tertiary/aromatic N) is 3.